The minimum Gasteiger partial charge on any atom is -0.326 e. The fraction of sp³-hybridized carbons (Fsp3) is 0.333. The molecule has 1 aromatic rings. The fourth-order valence-corrected chi connectivity index (χ4v) is 2.24. The molecule has 0 fully saturated rings. The molecule has 0 bridgehead atoms. The summed E-state index contributed by atoms with van der Waals surface area (Å²) in [5.74, 6) is -0.975. The van der Waals surface area contributed by atoms with Gasteiger partial charge < -0.3 is 5.32 Å². The summed E-state index contributed by atoms with van der Waals surface area (Å²) in [5, 5.41) is 2.64. The molecule has 1 aromatic carbocycles. The van der Waals surface area contributed by atoms with E-state index in [1.807, 2.05) is 4.72 Å². The first-order chi connectivity index (χ1) is 8.72. The lowest BCUT2D eigenvalue weighted by atomic mass is 10.2. The van der Waals surface area contributed by atoms with Gasteiger partial charge in [0.25, 0.3) is 10.0 Å². The Morgan fingerprint density at radius 1 is 1.11 bits per heavy atom. The average molecular weight is 284 g/mol. The molecule has 7 heteroatoms. The van der Waals surface area contributed by atoms with Crippen molar-refractivity contribution in [2.24, 2.45) is 5.92 Å². The Labute approximate surface area is 112 Å². The van der Waals surface area contributed by atoms with Crippen LogP contribution in [-0.2, 0) is 19.6 Å². The van der Waals surface area contributed by atoms with Crippen LogP contribution in [0.2, 0.25) is 0 Å². The number of carbonyl (C=O) groups is 2. The van der Waals surface area contributed by atoms with Crippen molar-refractivity contribution in [2.75, 3.05) is 5.32 Å². The van der Waals surface area contributed by atoms with Crippen LogP contribution in [0.15, 0.2) is 29.2 Å². The van der Waals surface area contributed by atoms with Gasteiger partial charge in [-0.05, 0) is 24.3 Å². The molecule has 0 aliphatic heterocycles. The molecule has 19 heavy (non-hydrogen) atoms. The van der Waals surface area contributed by atoms with Gasteiger partial charge in [-0.3, -0.25) is 9.59 Å². The van der Waals surface area contributed by atoms with Gasteiger partial charge in [0.1, 0.15) is 0 Å². The Balaban J connectivity index is 2.88. The molecule has 0 spiro atoms. The molecule has 2 amide bonds. The van der Waals surface area contributed by atoms with E-state index in [0.717, 1.165) is 6.92 Å². The van der Waals surface area contributed by atoms with Gasteiger partial charge in [-0.1, -0.05) is 13.8 Å². The van der Waals surface area contributed by atoms with Crippen LogP contribution in [0.1, 0.15) is 20.8 Å². The largest absolute Gasteiger partial charge is 0.326 e. The average Bonchev–Trinajstić information content (AvgIpc) is 2.27. The van der Waals surface area contributed by atoms with Crippen molar-refractivity contribution >= 4 is 27.5 Å². The van der Waals surface area contributed by atoms with Crippen LogP contribution in [-0.4, -0.2) is 20.2 Å². The Morgan fingerprint density at radius 3 is 2.05 bits per heavy atom. The van der Waals surface area contributed by atoms with Gasteiger partial charge in [0, 0.05) is 18.5 Å². The summed E-state index contributed by atoms with van der Waals surface area (Å²) in [6.07, 6.45) is 0. The van der Waals surface area contributed by atoms with Crippen LogP contribution >= 0.6 is 0 Å². The molecule has 1 rings (SSSR count). The summed E-state index contributed by atoms with van der Waals surface area (Å²) in [6, 6.07) is 5.58. The first-order valence-corrected chi connectivity index (χ1v) is 7.15. The second-order valence-electron chi connectivity index (χ2n) is 4.33. The van der Waals surface area contributed by atoms with E-state index in [4.69, 9.17) is 0 Å². The summed E-state index contributed by atoms with van der Waals surface area (Å²) >= 11 is 0. The third kappa shape index (κ3) is 4.36. The van der Waals surface area contributed by atoms with Crippen LogP contribution in [0, 0.1) is 5.92 Å². The lowest BCUT2D eigenvalue weighted by molar-refractivity contribution is -0.119. The predicted molar refractivity (Wildman–Crippen MR) is 70.9 cm³/mol. The molecule has 0 atom stereocenters. The highest BCUT2D eigenvalue weighted by Crippen LogP contribution is 2.14. The third-order valence-corrected chi connectivity index (χ3v) is 3.68. The van der Waals surface area contributed by atoms with Crippen LogP contribution in [0.3, 0.4) is 0 Å². The number of nitrogens with one attached hydrogen (secondary N) is 2. The van der Waals surface area contributed by atoms with Crippen LogP contribution in [0.4, 0.5) is 5.69 Å². The molecule has 0 heterocycles. The molecular weight excluding hydrogens is 268 g/mol. The maximum absolute atomic E-state index is 11.7. The standard InChI is InChI=1S/C12H16N2O4S/c1-8(2)12(16)13-10-4-6-11(7-5-10)19(17,18)14-9(3)15/h4-8H,1-3H3,(H,13,16)(H,14,15). The summed E-state index contributed by atoms with van der Waals surface area (Å²) in [7, 11) is -3.83. The van der Waals surface area contributed by atoms with Gasteiger partial charge in [0.2, 0.25) is 11.8 Å². The lowest BCUT2D eigenvalue weighted by Gasteiger charge is -2.09. The van der Waals surface area contributed by atoms with E-state index in [-0.39, 0.29) is 16.7 Å². The second kappa shape index (κ2) is 5.83. The molecular formula is C12H16N2O4S. The molecule has 0 aromatic heterocycles. The smallest absolute Gasteiger partial charge is 0.264 e. The Morgan fingerprint density at radius 2 is 1.63 bits per heavy atom. The Bertz CT molecular complexity index is 576. The van der Waals surface area contributed by atoms with Crippen molar-refractivity contribution in [2.45, 2.75) is 25.7 Å². The zero-order valence-corrected chi connectivity index (χ0v) is 11.7. The maximum atomic E-state index is 11.7. The van der Waals surface area contributed by atoms with E-state index in [1.165, 1.54) is 24.3 Å². The fourth-order valence-electron chi connectivity index (χ4n) is 1.25. The van der Waals surface area contributed by atoms with E-state index >= 15 is 0 Å². The van der Waals surface area contributed by atoms with Crippen molar-refractivity contribution < 1.29 is 18.0 Å². The van der Waals surface area contributed by atoms with Crippen molar-refractivity contribution in [1.82, 2.24) is 4.72 Å². The predicted octanol–water partition coefficient (Wildman–Crippen LogP) is 1.11. The minimum absolute atomic E-state index is 0.0368. The van der Waals surface area contributed by atoms with Crippen LogP contribution < -0.4 is 10.0 Å². The van der Waals surface area contributed by atoms with Gasteiger partial charge in [-0.15, -0.1) is 0 Å². The van der Waals surface area contributed by atoms with Crippen molar-refractivity contribution in [3.63, 3.8) is 0 Å². The molecule has 0 saturated carbocycles. The number of benzene rings is 1. The topological polar surface area (TPSA) is 92.3 Å². The lowest BCUT2D eigenvalue weighted by Crippen LogP contribution is -2.28. The summed E-state index contributed by atoms with van der Waals surface area (Å²) in [4.78, 5) is 22.2. The third-order valence-electron chi connectivity index (χ3n) is 2.23. The molecule has 0 unspecified atom stereocenters. The SMILES string of the molecule is CC(=O)NS(=O)(=O)c1ccc(NC(=O)C(C)C)cc1. The monoisotopic (exact) mass is 284 g/mol. The summed E-state index contributed by atoms with van der Waals surface area (Å²) in [5.41, 5.74) is 0.500. The molecule has 0 saturated heterocycles. The van der Waals surface area contributed by atoms with Gasteiger partial charge in [-0.25, -0.2) is 13.1 Å². The zero-order valence-electron chi connectivity index (χ0n) is 10.9. The molecule has 0 radical (unpaired) electrons. The van der Waals surface area contributed by atoms with Gasteiger partial charge >= 0.3 is 0 Å². The molecule has 104 valence electrons. The van der Waals surface area contributed by atoms with Crippen molar-refractivity contribution in [3.05, 3.63) is 24.3 Å². The summed E-state index contributed by atoms with van der Waals surface area (Å²) < 4.78 is 25.2. The highest BCUT2D eigenvalue weighted by molar-refractivity contribution is 7.90. The van der Waals surface area contributed by atoms with E-state index in [1.54, 1.807) is 13.8 Å². The van der Waals surface area contributed by atoms with Gasteiger partial charge in [0.15, 0.2) is 0 Å². The van der Waals surface area contributed by atoms with Crippen LogP contribution in [0.25, 0.3) is 0 Å². The second-order valence-corrected chi connectivity index (χ2v) is 6.01. The molecule has 0 aliphatic rings. The first-order valence-electron chi connectivity index (χ1n) is 5.66. The number of hydrogen-bond donors (Lipinski definition) is 2. The normalized spacial score (nSPS) is 11.2. The van der Waals surface area contributed by atoms with Gasteiger partial charge in [-0.2, -0.15) is 0 Å². The van der Waals surface area contributed by atoms with Gasteiger partial charge in [0.05, 0.1) is 4.90 Å². The Kier molecular flexibility index (Phi) is 4.66. The highest BCUT2D eigenvalue weighted by Gasteiger charge is 2.15. The number of sulfonamides is 1. The number of rotatable bonds is 4. The first kappa shape index (κ1) is 15.2. The maximum Gasteiger partial charge on any atom is 0.264 e. The van der Waals surface area contributed by atoms with Crippen molar-refractivity contribution in [3.8, 4) is 0 Å². The van der Waals surface area contributed by atoms with Crippen molar-refractivity contribution in [1.29, 1.82) is 0 Å². The quantitative estimate of drug-likeness (QED) is 0.866. The summed E-state index contributed by atoms with van der Waals surface area (Å²) in [6.45, 7) is 4.63. The number of amides is 2. The molecule has 0 aliphatic carbocycles. The van der Waals surface area contributed by atoms with E-state index in [2.05, 4.69) is 5.32 Å². The molecule has 2 N–H and O–H groups in total. The number of hydrogen-bond acceptors (Lipinski definition) is 4. The zero-order chi connectivity index (χ0) is 14.6. The van der Waals surface area contributed by atoms with E-state index in [0.29, 0.717) is 5.69 Å². The molecule has 6 nitrogen and oxygen atoms in total. The minimum atomic E-state index is -3.83. The Hall–Kier alpha value is -1.89. The van der Waals surface area contributed by atoms with E-state index in [9.17, 15) is 18.0 Å². The number of anilines is 1. The highest BCUT2D eigenvalue weighted by atomic mass is 32.2. The number of carbonyl (C=O) groups excluding carboxylic acids is 2. The van der Waals surface area contributed by atoms with E-state index < -0.39 is 15.9 Å². The van der Waals surface area contributed by atoms with Crippen LogP contribution in [0.5, 0.6) is 0 Å².